The van der Waals surface area contributed by atoms with Crippen molar-refractivity contribution in [2.45, 2.75) is 25.3 Å². The lowest BCUT2D eigenvalue weighted by Gasteiger charge is -2.22. The van der Waals surface area contributed by atoms with E-state index in [0.29, 0.717) is 19.8 Å². The van der Waals surface area contributed by atoms with Crippen LogP contribution >= 0.6 is 12.4 Å². The molecule has 1 amide bonds. The van der Waals surface area contributed by atoms with Gasteiger partial charge in [0, 0.05) is 19.7 Å². The van der Waals surface area contributed by atoms with Crippen LogP contribution in [-0.4, -0.2) is 51.5 Å². The molecule has 23 heavy (non-hydrogen) atoms. The highest BCUT2D eigenvalue weighted by molar-refractivity contribution is 5.85. The zero-order valence-electron chi connectivity index (χ0n) is 13.5. The Morgan fingerprint density at radius 2 is 2.09 bits per heavy atom. The Hall–Kier alpha value is -1.14. The Morgan fingerprint density at radius 3 is 2.83 bits per heavy atom. The fourth-order valence-corrected chi connectivity index (χ4v) is 2.33. The van der Waals surface area contributed by atoms with E-state index in [4.69, 9.17) is 9.47 Å². The molecule has 5 nitrogen and oxygen atoms in total. The summed E-state index contributed by atoms with van der Waals surface area (Å²) in [5.41, 5.74) is 1.30. The lowest BCUT2D eigenvalue weighted by atomic mass is 10.2. The van der Waals surface area contributed by atoms with Crippen molar-refractivity contribution in [1.29, 1.82) is 0 Å². The van der Waals surface area contributed by atoms with Gasteiger partial charge in [0.25, 0.3) is 0 Å². The van der Waals surface area contributed by atoms with E-state index in [1.165, 1.54) is 5.56 Å². The van der Waals surface area contributed by atoms with Crippen molar-refractivity contribution in [2.75, 3.05) is 39.5 Å². The molecule has 2 N–H and O–H groups in total. The first-order chi connectivity index (χ1) is 10.9. The molecule has 1 saturated heterocycles. The average Bonchev–Trinajstić information content (AvgIpc) is 2.59. The monoisotopic (exact) mass is 342 g/mol. The number of carbonyl (C=O) groups is 1. The Labute approximate surface area is 144 Å². The Kier molecular flexibility index (Phi) is 10.6. The Morgan fingerprint density at radius 1 is 1.26 bits per heavy atom. The van der Waals surface area contributed by atoms with Crippen molar-refractivity contribution in [1.82, 2.24) is 10.6 Å². The first kappa shape index (κ1) is 19.9. The minimum Gasteiger partial charge on any atom is -0.381 e. The van der Waals surface area contributed by atoms with E-state index >= 15 is 0 Å². The highest BCUT2D eigenvalue weighted by Crippen LogP contribution is 2.00. The number of unbranched alkanes of at least 4 members (excludes halogenated alkanes) is 1. The molecule has 1 aliphatic rings. The van der Waals surface area contributed by atoms with Crippen molar-refractivity contribution in [3.05, 3.63) is 35.9 Å². The van der Waals surface area contributed by atoms with E-state index < -0.39 is 0 Å². The van der Waals surface area contributed by atoms with Crippen LogP contribution in [0.1, 0.15) is 18.4 Å². The van der Waals surface area contributed by atoms with Gasteiger partial charge in [0.05, 0.1) is 19.8 Å². The molecule has 0 bridgehead atoms. The van der Waals surface area contributed by atoms with E-state index in [1.807, 2.05) is 18.2 Å². The number of halogens is 1. The van der Waals surface area contributed by atoms with Gasteiger partial charge in [0.15, 0.2) is 0 Å². The molecular weight excluding hydrogens is 316 g/mol. The highest BCUT2D eigenvalue weighted by atomic mass is 35.5. The number of amides is 1. The second-order valence-electron chi connectivity index (χ2n) is 5.43. The molecule has 0 radical (unpaired) electrons. The molecular formula is C17H27ClN2O3. The van der Waals surface area contributed by atoms with Crippen LogP contribution in [0.25, 0.3) is 0 Å². The van der Waals surface area contributed by atoms with E-state index in [2.05, 4.69) is 22.8 Å². The summed E-state index contributed by atoms with van der Waals surface area (Å²) in [5, 5.41) is 6.07. The number of morpholine rings is 1. The van der Waals surface area contributed by atoms with Crippen LogP contribution in [0.4, 0.5) is 0 Å². The maximum absolute atomic E-state index is 11.8. The third kappa shape index (κ3) is 8.32. The molecule has 1 heterocycles. The van der Waals surface area contributed by atoms with Gasteiger partial charge in [-0.2, -0.15) is 0 Å². The summed E-state index contributed by atoms with van der Waals surface area (Å²) >= 11 is 0. The number of hydrogen-bond donors (Lipinski definition) is 2. The van der Waals surface area contributed by atoms with E-state index in [0.717, 1.165) is 39.0 Å². The summed E-state index contributed by atoms with van der Waals surface area (Å²) in [6.45, 7) is 4.08. The predicted molar refractivity (Wildman–Crippen MR) is 93.1 cm³/mol. The summed E-state index contributed by atoms with van der Waals surface area (Å²) < 4.78 is 10.9. The third-order valence-electron chi connectivity index (χ3n) is 3.63. The number of hydrogen-bond acceptors (Lipinski definition) is 4. The highest BCUT2D eigenvalue weighted by Gasteiger charge is 2.20. The van der Waals surface area contributed by atoms with Crippen molar-refractivity contribution in [3.8, 4) is 0 Å². The summed E-state index contributed by atoms with van der Waals surface area (Å²) in [4.78, 5) is 11.8. The molecule has 0 aromatic heterocycles. The zero-order valence-corrected chi connectivity index (χ0v) is 14.3. The van der Waals surface area contributed by atoms with Crippen molar-refractivity contribution >= 4 is 18.3 Å². The molecule has 1 aromatic rings. The molecule has 6 heteroatoms. The zero-order chi connectivity index (χ0) is 15.5. The summed E-state index contributed by atoms with van der Waals surface area (Å²) in [5.74, 6) is 0.0321. The molecule has 1 aliphatic heterocycles. The van der Waals surface area contributed by atoms with Crippen LogP contribution in [0.15, 0.2) is 30.3 Å². The molecule has 2 rings (SSSR count). The SMILES string of the molecule is Cl.O=C(NCCCCOCCc1ccccc1)C1COCCN1. The first-order valence-corrected chi connectivity index (χ1v) is 8.07. The van der Waals surface area contributed by atoms with E-state index in [9.17, 15) is 4.79 Å². The maximum Gasteiger partial charge on any atom is 0.239 e. The lowest BCUT2D eigenvalue weighted by molar-refractivity contribution is -0.125. The molecule has 1 atom stereocenters. The van der Waals surface area contributed by atoms with Gasteiger partial charge in [0.1, 0.15) is 6.04 Å². The van der Waals surface area contributed by atoms with Crippen LogP contribution in [0.5, 0.6) is 0 Å². The Bertz CT molecular complexity index is 425. The van der Waals surface area contributed by atoms with Crippen molar-refractivity contribution in [3.63, 3.8) is 0 Å². The standard InChI is InChI=1S/C17H26N2O3.ClH/c20-17(16-14-22-13-10-18-16)19-9-4-5-11-21-12-8-15-6-2-1-3-7-15;/h1-3,6-7,16,18H,4-5,8-14H2,(H,19,20);1H. The van der Waals surface area contributed by atoms with Gasteiger partial charge < -0.3 is 20.1 Å². The van der Waals surface area contributed by atoms with Gasteiger partial charge >= 0.3 is 0 Å². The molecule has 1 aromatic carbocycles. The summed E-state index contributed by atoms with van der Waals surface area (Å²) in [6, 6.07) is 10.1. The topological polar surface area (TPSA) is 59.6 Å². The maximum atomic E-state index is 11.8. The fourth-order valence-electron chi connectivity index (χ4n) is 2.33. The van der Waals surface area contributed by atoms with Gasteiger partial charge in [-0.3, -0.25) is 4.79 Å². The number of carbonyl (C=O) groups excluding carboxylic acids is 1. The Balaban J connectivity index is 0.00000264. The van der Waals surface area contributed by atoms with Crippen LogP contribution in [0.2, 0.25) is 0 Å². The quantitative estimate of drug-likeness (QED) is 0.669. The average molecular weight is 343 g/mol. The largest absolute Gasteiger partial charge is 0.381 e. The van der Waals surface area contributed by atoms with Crippen LogP contribution in [0.3, 0.4) is 0 Å². The van der Waals surface area contributed by atoms with Crippen molar-refractivity contribution in [2.24, 2.45) is 0 Å². The molecule has 1 unspecified atom stereocenters. The molecule has 1 fully saturated rings. The molecule has 0 spiro atoms. The minimum atomic E-state index is -0.198. The number of rotatable bonds is 9. The van der Waals surface area contributed by atoms with Crippen LogP contribution in [-0.2, 0) is 20.7 Å². The van der Waals surface area contributed by atoms with Gasteiger partial charge in [-0.1, -0.05) is 30.3 Å². The van der Waals surface area contributed by atoms with Gasteiger partial charge in [-0.25, -0.2) is 0 Å². The predicted octanol–water partition coefficient (Wildman–Crippen LogP) is 1.55. The van der Waals surface area contributed by atoms with Crippen LogP contribution in [0, 0.1) is 0 Å². The van der Waals surface area contributed by atoms with Gasteiger partial charge in [0.2, 0.25) is 5.91 Å². The summed E-state index contributed by atoms with van der Waals surface area (Å²) in [7, 11) is 0. The fraction of sp³-hybridized carbons (Fsp3) is 0.588. The lowest BCUT2D eigenvalue weighted by Crippen LogP contribution is -2.51. The van der Waals surface area contributed by atoms with E-state index in [-0.39, 0.29) is 24.4 Å². The van der Waals surface area contributed by atoms with E-state index in [1.54, 1.807) is 0 Å². The number of nitrogens with one attached hydrogen (secondary N) is 2. The molecule has 0 saturated carbocycles. The summed E-state index contributed by atoms with van der Waals surface area (Å²) in [6.07, 6.45) is 2.85. The van der Waals surface area contributed by atoms with Crippen LogP contribution < -0.4 is 10.6 Å². The van der Waals surface area contributed by atoms with Gasteiger partial charge in [-0.05, 0) is 24.8 Å². The second-order valence-corrected chi connectivity index (χ2v) is 5.43. The number of benzene rings is 1. The second kappa shape index (κ2) is 12.3. The molecule has 130 valence electrons. The normalized spacial score (nSPS) is 17.3. The number of ether oxygens (including phenoxy) is 2. The first-order valence-electron chi connectivity index (χ1n) is 8.07. The minimum absolute atomic E-state index is 0. The smallest absolute Gasteiger partial charge is 0.239 e. The third-order valence-corrected chi connectivity index (χ3v) is 3.63. The molecule has 0 aliphatic carbocycles. The van der Waals surface area contributed by atoms with Gasteiger partial charge in [-0.15, -0.1) is 12.4 Å². The van der Waals surface area contributed by atoms with Crippen molar-refractivity contribution < 1.29 is 14.3 Å².